The van der Waals surface area contributed by atoms with Crippen LogP contribution < -0.4 is 5.32 Å². The maximum atomic E-state index is 11.6. The van der Waals surface area contributed by atoms with Gasteiger partial charge in [0, 0.05) is 12.5 Å². The Labute approximate surface area is 101 Å². The Morgan fingerprint density at radius 1 is 1.35 bits per heavy atom. The van der Waals surface area contributed by atoms with E-state index in [2.05, 4.69) is 16.6 Å². The monoisotopic (exact) mass is 241 g/mol. The summed E-state index contributed by atoms with van der Waals surface area (Å²) in [6.07, 6.45) is 0.195. The third-order valence-electron chi connectivity index (χ3n) is 3.22. The van der Waals surface area contributed by atoms with Crippen molar-refractivity contribution in [3.05, 3.63) is 12.2 Å². The lowest BCUT2D eigenvalue weighted by Crippen LogP contribution is -2.38. The highest BCUT2D eigenvalue weighted by Crippen LogP contribution is 2.31. The fourth-order valence-electron chi connectivity index (χ4n) is 2.25. The molecule has 5 nitrogen and oxygen atoms in total. The smallest absolute Gasteiger partial charge is 0.323 e. The summed E-state index contributed by atoms with van der Waals surface area (Å²) in [6.45, 7) is 6.43. The number of carbonyl (C=O) groups excluding carboxylic acids is 2. The predicted molar refractivity (Wildman–Crippen MR) is 62.2 cm³/mol. The second-order valence-corrected chi connectivity index (χ2v) is 4.31. The number of hydrogen-bond donors (Lipinski definition) is 1. The Hall–Kier alpha value is -1.36. The van der Waals surface area contributed by atoms with E-state index in [9.17, 15) is 9.59 Å². The SMILES string of the molecule is C=C(C)C1CNC(C(=O)OC)C1CC(=O)OC. The van der Waals surface area contributed by atoms with Crippen molar-refractivity contribution in [3.63, 3.8) is 0 Å². The van der Waals surface area contributed by atoms with Crippen molar-refractivity contribution >= 4 is 11.9 Å². The number of ether oxygens (including phenoxy) is 2. The molecule has 0 spiro atoms. The molecule has 1 fully saturated rings. The van der Waals surface area contributed by atoms with Crippen molar-refractivity contribution in [1.82, 2.24) is 5.32 Å². The van der Waals surface area contributed by atoms with Gasteiger partial charge in [-0.1, -0.05) is 12.2 Å². The molecule has 0 aromatic rings. The molecule has 0 bridgehead atoms. The molecule has 1 aliphatic heterocycles. The predicted octanol–water partition coefficient (Wildman–Crippen LogP) is 0.503. The summed E-state index contributed by atoms with van der Waals surface area (Å²) in [4.78, 5) is 23.0. The van der Waals surface area contributed by atoms with Crippen molar-refractivity contribution < 1.29 is 19.1 Å². The summed E-state index contributed by atoms with van der Waals surface area (Å²) in [6, 6.07) is -0.458. The second-order valence-electron chi connectivity index (χ2n) is 4.31. The zero-order valence-electron chi connectivity index (χ0n) is 10.5. The molecule has 1 heterocycles. The van der Waals surface area contributed by atoms with E-state index in [4.69, 9.17) is 4.74 Å². The molecule has 96 valence electrons. The molecule has 1 saturated heterocycles. The molecule has 1 rings (SSSR count). The van der Waals surface area contributed by atoms with Crippen LogP contribution in [0.2, 0.25) is 0 Å². The first-order valence-electron chi connectivity index (χ1n) is 5.54. The Morgan fingerprint density at radius 3 is 2.47 bits per heavy atom. The first kappa shape index (κ1) is 13.7. The van der Waals surface area contributed by atoms with E-state index in [-0.39, 0.29) is 30.2 Å². The molecule has 0 saturated carbocycles. The Kier molecular flexibility index (Phi) is 4.69. The van der Waals surface area contributed by atoms with Gasteiger partial charge in [0.2, 0.25) is 0 Å². The number of rotatable bonds is 4. The summed E-state index contributed by atoms with van der Waals surface area (Å²) < 4.78 is 9.38. The van der Waals surface area contributed by atoms with Gasteiger partial charge in [0.15, 0.2) is 0 Å². The Balaban J connectivity index is 2.82. The summed E-state index contributed by atoms with van der Waals surface area (Å²) >= 11 is 0. The van der Waals surface area contributed by atoms with E-state index in [0.29, 0.717) is 6.54 Å². The molecule has 1 N–H and O–H groups in total. The van der Waals surface area contributed by atoms with Gasteiger partial charge in [-0.15, -0.1) is 0 Å². The topological polar surface area (TPSA) is 64.6 Å². The maximum Gasteiger partial charge on any atom is 0.323 e. The number of methoxy groups -OCH3 is 2. The van der Waals surface area contributed by atoms with Crippen molar-refractivity contribution in [1.29, 1.82) is 0 Å². The van der Waals surface area contributed by atoms with Crippen LogP contribution in [0.15, 0.2) is 12.2 Å². The highest BCUT2D eigenvalue weighted by atomic mass is 16.5. The van der Waals surface area contributed by atoms with Gasteiger partial charge in [-0.3, -0.25) is 9.59 Å². The van der Waals surface area contributed by atoms with Crippen LogP contribution in [-0.4, -0.2) is 38.7 Å². The summed E-state index contributed by atoms with van der Waals surface area (Å²) in [5.41, 5.74) is 0.956. The van der Waals surface area contributed by atoms with E-state index >= 15 is 0 Å². The molecule has 0 radical (unpaired) electrons. The largest absolute Gasteiger partial charge is 0.469 e. The van der Waals surface area contributed by atoms with Crippen molar-refractivity contribution in [3.8, 4) is 0 Å². The first-order chi connectivity index (χ1) is 8.01. The molecule has 0 aromatic heterocycles. The third kappa shape index (κ3) is 3.06. The molecule has 0 amide bonds. The number of carbonyl (C=O) groups is 2. The fourth-order valence-corrected chi connectivity index (χ4v) is 2.25. The fraction of sp³-hybridized carbons (Fsp3) is 0.667. The number of esters is 2. The van der Waals surface area contributed by atoms with Crippen molar-refractivity contribution in [2.75, 3.05) is 20.8 Å². The van der Waals surface area contributed by atoms with Crippen LogP contribution in [0, 0.1) is 11.8 Å². The van der Waals surface area contributed by atoms with Gasteiger partial charge in [-0.25, -0.2) is 0 Å². The highest BCUT2D eigenvalue weighted by molar-refractivity contribution is 5.78. The van der Waals surface area contributed by atoms with E-state index in [1.165, 1.54) is 14.2 Å². The van der Waals surface area contributed by atoms with Gasteiger partial charge in [-0.2, -0.15) is 0 Å². The van der Waals surface area contributed by atoms with E-state index in [1.54, 1.807) is 0 Å². The molecule has 1 aliphatic rings. The minimum atomic E-state index is -0.458. The standard InChI is InChI=1S/C12H19NO4/c1-7(2)9-6-13-11(12(15)17-4)8(9)5-10(14)16-3/h8-9,11,13H,1,5-6H2,2-4H3. The molecular formula is C12H19NO4. The lowest BCUT2D eigenvalue weighted by atomic mass is 9.84. The minimum absolute atomic E-state index is 0.0956. The van der Waals surface area contributed by atoms with Gasteiger partial charge < -0.3 is 14.8 Å². The summed E-state index contributed by atoms with van der Waals surface area (Å²) in [5, 5.41) is 3.08. The molecule has 3 unspecified atom stereocenters. The van der Waals surface area contributed by atoms with Gasteiger partial charge in [0.1, 0.15) is 6.04 Å². The first-order valence-corrected chi connectivity index (χ1v) is 5.54. The second kappa shape index (κ2) is 5.82. The van der Waals surface area contributed by atoms with Crippen LogP contribution in [0.25, 0.3) is 0 Å². The van der Waals surface area contributed by atoms with Crippen molar-refractivity contribution in [2.45, 2.75) is 19.4 Å². The van der Waals surface area contributed by atoms with Gasteiger partial charge in [-0.05, 0) is 12.8 Å². The summed E-state index contributed by atoms with van der Waals surface area (Å²) in [7, 11) is 2.68. The number of hydrogen-bond acceptors (Lipinski definition) is 5. The maximum absolute atomic E-state index is 11.6. The number of nitrogens with one attached hydrogen (secondary N) is 1. The summed E-state index contributed by atoms with van der Waals surface area (Å²) in [5.74, 6) is -0.716. The third-order valence-corrected chi connectivity index (χ3v) is 3.22. The van der Waals surface area contributed by atoms with Crippen LogP contribution >= 0.6 is 0 Å². The zero-order valence-corrected chi connectivity index (χ0v) is 10.5. The molecule has 3 atom stereocenters. The van der Waals surface area contributed by atoms with Crippen molar-refractivity contribution in [2.24, 2.45) is 11.8 Å². The lowest BCUT2D eigenvalue weighted by Gasteiger charge is -2.21. The zero-order chi connectivity index (χ0) is 13.0. The van der Waals surface area contributed by atoms with Gasteiger partial charge in [0.05, 0.1) is 20.6 Å². The average Bonchev–Trinajstić information content (AvgIpc) is 2.71. The van der Waals surface area contributed by atoms with Crippen LogP contribution in [0.3, 0.4) is 0 Å². The molecule has 17 heavy (non-hydrogen) atoms. The lowest BCUT2D eigenvalue weighted by molar-refractivity contribution is -0.146. The van der Waals surface area contributed by atoms with Crippen LogP contribution in [0.4, 0.5) is 0 Å². The Bertz CT molecular complexity index is 326. The Morgan fingerprint density at radius 2 is 2.00 bits per heavy atom. The molecule has 0 aliphatic carbocycles. The average molecular weight is 241 g/mol. The highest BCUT2D eigenvalue weighted by Gasteiger charge is 2.42. The van der Waals surface area contributed by atoms with E-state index < -0.39 is 6.04 Å². The van der Waals surface area contributed by atoms with Gasteiger partial charge >= 0.3 is 11.9 Å². The minimum Gasteiger partial charge on any atom is -0.469 e. The van der Waals surface area contributed by atoms with Crippen LogP contribution in [0.1, 0.15) is 13.3 Å². The van der Waals surface area contributed by atoms with Crippen LogP contribution in [0.5, 0.6) is 0 Å². The quantitative estimate of drug-likeness (QED) is 0.573. The van der Waals surface area contributed by atoms with E-state index in [0.717, 1.165) is 5.57 Å². The van der Waals surface area contributed by atoms with Crippen LogP contribution in [-0.2, 0) is 19.1 Å². The van der Waals surface area contributed by atoms with Gasteiger partial charge in [0.25, 0.3) is 0 Å². The normalized spacial score (nSPS) is 27.6. The molecular weight excluding hydrogens is 222 g/mol. The van der Waals surface area contributed by atoms with E-state index in [1.807, 2.05) is 6.92 Å². The molecule has 0 aromatic carbocycles. The molecule has 5 heteroatoms.